The molecule has 0 spiro atoms. The second-order valence-electron chi connectivity index (χ2n) is 5.77. The Labute approximate surface area is 124 Å². The quantitative estimate of drug-likeness (QED) is 0.892. The Morgan fingerprint density at radius 2 is 2.19 bits per heavy atom. The Morgan fingerprint density at radius 3 is 2.90 bits per heavy atom. The predicted octanol–water partition coefficient (Wildman–Crippen LogP) is 1.23. The first kappa shape index (κ1) is 14.1. The lowest BCUT2D eigenvalue weighted by atomic mass is 10.0. The lowest BCUT2D eigenvalue weighted by Gasteiger charge is -2.41. The molecule has 1 fully saturated rings. The van der Waals surface area contributed by atoms with E-state index in [1.807, 2.05) is 0 Å². The Bertz CT molecular complexity index is 689. The largest absolute Gasteiger partial charge is 0.364 e. The first-order valence-corrected chi connectivity index (χ1v) is 7.69. The number of aromatic amines is 1. The first-order valence-electron chi connectivity index (χ1n) is 7.69. The van der Waals surface area contributed by atoms with Gasteiger partial charge in [-0.1, -0.05) is 13.8 Å². The Balaban J connectivity index is 2.11. The zero-order valence-electron chi connectivity index (χ0n) is 12.9. The summed E-state index contributed by atoms with van der Waals surface area (Å²) in [6, 6.07) is 2.59. The number of fused-ring (bicyclic) bond motifs is 1. The molecule has 1 aliphatic heterocycles. The highest BCUT2D eigenvalue weighted by Gasteiger charge is 2.28. The summed E-state index contributed by atoms with van der Waals surface area (Å²) in [5, 5.41) is 10.8. The van der Waals surface area contributed by atoms with Crippen molar-refractivity contribution in [3.8, 4) is 0 Å². The number of nitrogens with zero attached hydrogens (tertiary/aromatic N) is 3. The van der Waals surface area contributed by atoms with Crippen LogP contribution < -0.4 is 15.8 Å². The van der Waals surface area contributed by atoms with Crippen molar-refractivity contribution in [2.75, 3.05) is 18.0 Å². The minimum Gasteiger partial charge on any atom is -0.364 e. The fraction of sp³-hybridized carbons (Fsp3) is 0.600. The van der Waals surface area contributed by atoms with E-state index in [9.17, 15) is 4.79 Å². The average molecular weight is 289 g/mol. The number of H-pyrrole nitrogens is 1. The molecule has 2 N–H and O–H groups in total. The summed E-state index contributed by atoms with van der Waals surface area (Å²) < 4.78 is 1.64. The summed E-state index contributed by atoms with van der Waals surface area (Å²) in [4.78, 5) is 14.6. The van der Waals surface area contributed by atoms with Gasteiger partial charge in [0.25, 0.3) is 5.56 Å². The lowest BCUT2D eigenvalue weighted by Crippen LogP contribution is -2.56. The van der Waals surface area contributed by atoms with Crippen molar-refractivity contribution in [3.05, 3.63) is 22.6 Å². The molecule has 3 rings (SSSR count). The molecule has 0 bridgehead atoms. The van der Waals surface area contributed by atoms with Gasteiger partial charge in [-0.2, -0.15) is 5.10 Å². The average Bonchev–Trinajstić information content (AvgIpc) is 3.00. The molecule has 1 aliphatic rings. The number of aryl methyl sites for hydroxylation is 1. The van der Waals surface area contributed by atoms with Gasteiger partial charge in [0.1, 0.15) is 5.52 Å². The monoisotopic (exact) mass is 289 g/mol. The SMILES string of the molecule is CC[C@@H]1CN(c2cc(=O)n(C)c3c[nH]nc23)[C@@H](CC)CN1. The minimum absolute atomic E-state index is 0.0142. The van der Waals surface area contributed by atoms with E-state index in [4.69, 9.17) is 0 Å². The third-order valence-electron chi connectivity index (χ3n) is 4.59. The van der Waals surface area contributed by atoms with E-state index in [1.54, 1.807) is 23.9 Å². The van der Waals surface area contributed by atoms with Gasteiger partial charge in [-0.15, -0.1) is 0 Å². The molecule has 2 aromatic heterocycles. The molecular formula is C15H23N5O. The van der Waals surface area contributed by atoms with Crippen LogP contribution >= 0.6 is 0 Å². The smallest absolute Gasteiger partial charge is 0.252 e. The van der Waals surface area contributed by atoms with Crippen molar-refractivity contribution < 1.29 is 0 Å². The van der Waals surface area contributed by atoms with E-state index in [2.05, 4.69) is 34.3 Å². The second kappa shape index (κ2) is 5.52. The maximum Gasteiger partial charge on any atom is 0.252 e. The van der Waals surface area contributed by atoms with E-state index in [0.29, 0.717) is 12.1 Å². The van der Waals surface area contributed by atoms with Gasteiger partial charge in [-0.25, -0.2) is 0 Å². The normalized spacial score (nSPS) is 22.9. The highest BCUT2D eigenvalue weighted by molar-refractivity contribution is 5.88. The molecule has 0 aliphatic carbocycles. The molecule has 6 nitrogen and oxygen atoms in total. The van der Waals surface area contributed by atoms with E-state index in [0.717, 1.165) is 42.7 Å². The number of aromatic nitrogens is 3. The van der Waals surface area contributed by atoms with Crippen LogP contribution in [0.4, 0.5) is 5.69 Å². The fourth-order valence-electron chi connectivity index (χ4n) is 3.14. The third-order valence-corrected chi connectivity index (χ3v) is 4.59. The summed E-state index contributed by atoms with van der Waals surface area (Å²) >= 11 is 0. The van der Waals surface area contributed by atoms with Gasteiger partial charge in [0.15, 0.2) is 0 Å². The molecule has 0 saturated carbocycles. The molecule has 114 valence electrons. The lowest BCUT2D eigenvalue weighted by molar-refractivity contribution is 0.379. The number of nitrogens with one attached hydrogen (secondary N) is 2. The zero-order valence-corrected chi connectivity index (χ0v) is 12.9. The molecule has 21 heavy (non-hydrogen) atoms. The summed E-state index contributed by atoms with van der Waals surface area (Å²) in [5.41, 5.74) is 2.72. The summed E-state index contributed by atoms with van der Waals surface area (Å²) in [5.74, 6) is 0. The van der Waals surface area contributed by atoms with Crippen LogP contribution in [0.1, 0.15) is 26.7 Å². The summed E-state index contributed by atoms with van der Waals surface area (Å²) in [7, 11) is 1.79. The van der Waals surface area contributed by atoms with Crippen molar-refractivity contribution in [3.63, 3.8) is 0 Å². The molecule has 3 heterocycles. The zero-order chi connectivity index (χ0) is 15.0. The molecule has 0 amide bonds. The van der Waals surface area contributed by atoms with E-state index < -0.39 is 0 Å². The molecule has 1 saturated heterocycles. The van der Waals surface area contributed by atoms with Crippen LogP contribution in [0.2, 0.25) is 0 Å². The number of anilines is 1. The number of hydrogen-bond acceptors (Lipinski definition) is 4. The maximum atomic E-state index is 12.2. The van der Waals surface area contributed by atoms with Crippen LogP contribution in [0.5, 0.6) is 0 Å². The standard InChI is InChI=1S/C15H23N5O/c1-4-10-9-20(11(5-2)7-16-10)12-6-14(21)19(3)13-8-17-18-15(12)13/h6,8,10-11,16H,4-5,7,9H2,1-3H3,(H,17,18)/t10-,11+/m1/s1. The van der Waals surface area contributed by atoms with Gasteiger partial charge in [-0.3, -0.25) is 9.89 Å². The van der Waals surface area contributed by atoms with Crippen LogP contribution in [-0.2, 0) is 7.05 Å². The van der Waals surface area contributed by atoms with Gasteiger partial charge in [0, 0.05) is 44.5 Å². The van der Waals surface area contributed by atoms with Crippen molar-refractivity contribution >= 4 is 16.7 Å². The van der Waals surface area contributed by atoms with Crippen molar-refractivity contribution in [1.29, 1.82) is 0 Å². The van der Waals surface area contributed by atoms with Gasteiger partial charge >= 0.3 is 0 Å². The van der Waals surface area contributed by atoms with E-state index in [1.165, 1.54) is 0 Å². The highest BCUT2D eigenvalue weighted by atomic mass is 16.1. The molecule has 6 heteroatoms. The van der Waals surface area contributed by atoms with E-state index in [-0.39, 0.29) is 5.56 Å². The van der Waals surface area contributed by atoms with Gasteiger partial charge in [0.2, 0.25) is 0 Å². The summed E-state index contributed by atoms with van der Waals surface area (Å²) in [6.45, 7) is 6.25. The van der Waals surface area contributed by atoms with Gasteiger partial charge < -0.3 is 14.8 Å². The fourth-order valence-corrected chi connectivity index (χ4v) is 3.14. The molecule has 0 aromatic carbocycles. The minimum atomic E-state index is 0.0142. The van der Waals surface area contributed by atoms with Gasteiger partial charge in [-0.05, 0) is 12.8 Å². The first-order chi connectivity index (χ1) is 10.2. The topological polar surface area (TPSA) is 66.0 Å². The molecule has 0 unspecified atom stereocenters. The van der Waals surface area contributed by atoms with Crippen molar-refractivity contribution in [2.45, 2.75) is 38.8 Å². The van der Waals surface area contributed by atoms with Crippen molar-refractivity contribution in [2.24, 2.45) is 7.05 Å². The van der Waals surface area contributed by atoms with Crippen LogP contribution in [-0.4, -0.2) is 39.9 Å². The number of rotatable bonds is 3. The van der Waals surface area contributed by atoms with Crippen LogP contribution in [0.15, 0.2) is 17.1 Å². The Kier molecular flexibility index (Phi) is 3.71. The highest BCUT2D eigenvalue weighted by Crippen LogP contribution is 2.27. The number of pyridine rings is 1. The number of piperazine rings is 1. The third kappa shape index (κ3) is 2.33. The summed E-state index contributed by atoms with van der Waals surface area (Å²) in [6.07, 6.45) is 3.92. The Morgan fingerprint density at radius 1 is 1.38 bits per heavy atom. The molecule has 2 atom stereocenters. The molecule has 0 radical (unpaired) electrons. The Hall–Kier alpha value is -1.82. The van der Waals surface area contributed by atoms with Crippen LogP contribution in [0.25, 0.3) is 11.0 Å². The maximum absolute atomic E-state index is 12.2. The van der Waals surface area contributed by atoms with Crippen molar-refractivity contribution in [1.82, 2.24) is 20.1 Å². The van der Waals surface area contributed by atoms with Gasteiger partial charge in [0.05, 0.1) is 11.2 Å². The second-order valence-corrected chi connectivity index (χ2v) is 5.77. The molecule has 2 aromatic rings. The van der Waals surface area contributed by atoms with E-state index >= 15 is 0 Å². The van der Waals surface area contributed by atoms with Crippen LogP contribution in [0.3, 0.4) is 0 Å². The van der Waals surface area contributed by atoms with Crippen LogP contribution in [0, 0.1) is 0 Å². The molecular weight excluding hydrogens is 266 g/mol. The number of hydrogen-bond donors (Lipinski definition) is 2. The predicted molar refractivity (Wildman–Crippen MR) is 84.8 cm³/mol.